The second kappa shape index (κ2) is 8.55. The number of rotatable bonds is 4. The minimum Gasteiger partial charge on any atom is -0.496 e. The average molecular weight is 486 g/mol. The van der Waals surface area contributed by atoms with Gasteiger partial charge in [-0.25, -0.2) is 14.8 Å². The highest BCUT2D eigenvalue weighted by molar-refractivity contribution is 7.25. The molecule has 1 aliphatic carbocycles. The lowest BCUT2D eigenvalue weighted by Gasteiger charge is -2.32. The first-order chi connectivity index (χ1) is 15.7. The number of hydrogen-bond donors (Lipinski definition) is 2. The smallest absolute Gasteiger partial charge is 0.328 e. The zero-order valence-corrected chi connectivity index (χ0v) is 19.7. The van der Waals surface area contributed by atoms with Crippen molar-refractivity contribution in [1.29, 1.82) is 0 Å². The van der Waals surface area contributed by atoms with Crippen molar-refractivity contribution >= 4 is 44.3 Å². The number of nitrogens with one attached hydrogen (secondary N) is 2. The summed E-state index contributed by atoms with van der Waals surface area (Å²) >= 11 is 1.28. The number of fused-ring (bicyclic) bond motifs is 6. The van der Waals surface area contributed by atoms with Crippen molar-refractivity contribution in [2.75, 3.05) is 13.7 Å². The number of benzene rings is 1. The van der Waals surface area contributed by atoms with Crippen LogP contribution in [0.5, 0.6) is 5.75 Å². The summed E-state index contributed by atoms with van der Waals surface area (Å²) in [5.41, 5.74) is 3.03. The molecule has 0 spiro atoms. The van der Waals surface area contributed by atoms with Crippen LogP contribution in [0, 0.1) is 5.92 Å². The van der Waals surface area contributed by atoms with Crippen molar-refractivity contribution in [3.8, 4) is 5.75 Å². The normalized spacial score (nSPS) is 21.5. The predicted molar refractivity (Wildman–Crippen MR) is 131 cm³/mol. The van der Waals surface area contributed by atoms with Gasteiger partial charge in [0, 0.05) is 30.9 Å². The van der Waals surface area contributed by atoms with E-state index in [-0.39, 0.29) is 24.0 Å². The summed E-state index contributed by atoms with van der Waals surface area (Å²) in [6.45, 7) is 1.32. The van der Waals surface area contributed by atoms with E-state index >= 15 is 0 Å². The van der Waals surface area contributed by atoms with Gasteiger partial charge in [-0.2, -0.15) is 0 Å². The molecule has 172 valence electrons. The Hall–Kier alpha value is -2.75. The number of halogens is 1. The molecule has 0 amide bonds. The van der Waals surface area contributed by atoms with Gasteiger partial charge in [-0.15, -0.1) is 23.7 Å². The van der Waals surface area contributed by atoms with E-state index < -0.39 is 5.69 Å². The molecule has 1 aliphatic heterocycles. The standard InChI is InChI=1S/C23H23N5O3S.ClH/c1-31-16-4-2-3-14-13(16)6-5-12-11-26-15(17(12)14)7-10-28-22(29)20-18(27-23(28)30)19-21(32-20)25-9-8-24-19;/h2-4,8-9,12,15,17,26H,5-7,10-11H2,1H3,(H,27,30);1H/t12-,15?,17+;/m0./s1. The first-order valence-electron chi connectivity index (χ1n) is 10.9. The molecule has 3 atom stereocenters. The zero-order chi connectivity index (χ0) is 21.8. The van der Waals surface area contributed by atoms with E-state index in [1.165, 1.54) is 27.0 Å². The van der Waals surface area contributed by atoms with Gasteiger partial charge in [-0.3, -0.25) is 9.36 Å². The maximum atomic E-state index is 13.1. The van der Waals surface area contributed by atoms with E-state index in [1.807, 2.05) is 6.07 Å². The molecule has 2 aliphatic rings. The second-order valence-corrected chi connectivity index (χ2v) is 9.56. The topological polar surface area (TPSA) is 102 Å². The summed E-state index contributed by atoms with van der Waals surface area (Å²) in [5, 5.41) is 3.66. The van der Waals surface area contributed by atoms with Crippen molar-refractivity contribution in [2.24, 2.45) is 5.92 Å². The van der Waals surface area contributed by atoms with E-state index in [0.29, 0.717) is 45.4 Å². The van der Waals surface area contributed by atoms with Crippen molar-refractivity contribution < 1.29 is 4.74 Å². The van der Waals surface area contributed by atoms with Gasteiger partial charge in [-0.1, -0.05) is 12.1 Å². The quantitative estimate of drug-likeness (QED) is 0.461. The second-order valence-electron chi connectivity index (χ2n) is 8.56. The average Bonchev–Trinajstić information content (AvgIpc) is 3.40. The molecule has 8 nitrogen and oxygen atoms in total. The van der Waals surface area contributed by atoms with Crippen LogP contribution in [-0.2, 0) is 13.0 Å². The lowest BCUT2D eigenvalue weighted by Crippen LogP contribution is -2.37. The molecule has 4 aromatic rings. The highest BCUT2D eigenvalue weighted by Crippen LogP contribution is 2.45. The minimum atomic E-state index is -0.395. The molecule has 4 heterocycles. The summed E-state index contributed by atoms with van der Waals surface area (Å²) in [7, 11) is 1.72. The van der Waals surface area contributed by atoms with Crippen LogP contribution in [0.25, 0.3) is 20.6 Å². The van der Waals surface area contributed by atoms with Crippen molar-refractivity contribution in [3.63, 3.8) is 0 Å². The molecular weight excluding hydrogens is 462 g/mol. The van der Waals surface area contributed by atoms with Gasteiger partial charge in [0.05, 0.1) is 12.6 Å². The minimum absolute atomic E-state index is 0. The Morgan fingerprint density at radius 3 is 2.94 bits per heavy atom. The molecule has 2 N–H and O–H groups in total. The fourth-order valence-corrected chi connectivity index (χ4v) is 6.56. The number of aromatic amines is 1. The maximum absolute atomic E-state index is 13.1. The maximum Gasteiger partial charge on any atom is 0.328 e. The van der Waals surface area contributed by atoms with Crippen LogP contribution in [0.2, 0.25) is 0 Å². The Labute approximate surface area is 199 Å². The largest absolute Gasteiger partial charge is 0.496 e. The number of hydrogen-bond acceptors (Lipinski definition) is 7. The zero-order valence-electron chi connectivity index (χ0n) is 18.0. The molecule has 10 heteroatoms. The van der Waals surface area contributed by atoms with Gasteiger partial charge in [0.1, 0.15) is 20.8 Å². The lowest BCUT2D eigenvalue weighted by molar-refractivity contribution is 0.371. The third-order valence-corrected chi connectivity index (χ3v) is 8.08. The number of aromatic nitrogens is 4. The van der Waals surface area contributed by atoms with Gasteiger partial charge >= 0.3 is 5.69 Å². The van der Waals surface area contributed by atoms with Crippen LogP contribution in [0.15, 0.2) is 40.2 Å². The molecule has 33 heavy (non-hydrogen) atoms. The highest BCUT2D eigenvalue weighted by atomic mass is 35.5. The number of ether oxygens (including phenoxy) is 1. The van der Waals surface area contributed by atoms with Crippen LogP contribution in [0.4, 0.5) is 0 Å². The highest BCUT2D eigenvalue weighted by Gasteiger charge is 2.40. The lowest BCUT2D eigenvalue weighted by atomic mass is 9.73. The van der Waals surface area contributed by atoms with E-state index in [9.17, 15) is 9.59 Å². The van der Waals surface area contributed by atoms with Crippen molar-refractivity contribution in [1.82, 2.24) is 24.8 Å². The fraction of sp³-hybridized carbons (Fsp3) is 0.391. The van der Waals surface area contributed by atoms with E-state index in [0.717, 1.165) is 25.1 Å². The Morgan fingerprint density at radius 1 is 1.24 bits per heavy atom. The van der Waals surface area contributed by atoms with Gasteiger partial charge in [0.15, 0.2) is 0 Å². The van der Waals surface area contributed by atoms with Gasteiger partial charge < -0.3 is 15.0 Å². The first kappa shape index (κ1) is 22.1. The summed E-state index contributed by atoms with van der Waals surface area (Å²) in [4.78, 5) is 38.0. The Balaban J connectivity index is 0.00000228. The van der Waals surface area contributed by atoms with Gasteiger partial charge in [0.2, 0.25) is 0 Å². The van der Waals surface area contributed by atoms with Crippen molar-refractivity contribution in [3.05, 3.63) is 62.6 Å². The molecule has 3 aromatic heterocycles. The van der Waals surface area contributed by atoms with Crippen LogP contribution in [-0.4, -0.2) is 39.2 Å². The van der Waals surface area contributed by atoms with Gasteiger partial charge in [0.25, 0.3) is 5.56 Å². The van der Waals surface area contributed by atoms with E-state index in [1.54, 1.807) is 19.5 Å². The molecule has 1 unspecified atom stereocenters. The molecule has 6 rings (SSSR count). The molecule has 1 saturated heterocycles. The Morgan fingerprint density at radius 2 is 2.09 bits per heavy atom. The fourth-order valence-electron chi connectivity index (χ4n) is 5.56. The van der Waals surface area contributed by atoms with E-state index in [2.05, 4.69) is 32.4 Å². The summed E-state index contributed by atoms with van der Waals surface area (Å²) in [6.07, 6.45) is 6.01. The third-order valence-electron chi connectivity index (χ3n) is 7.00. The number of nitrogens with zero attached hydrogens (tertiary/aromatic N) is 3. The molecule has 1 fully saturated rings. The van der Waals surface area contributed by atoms with Crippen LogP contribution in [0.3, 0.4) is 0 Å². The first-order valence-corrected chi connectivity index (χ1v) is 11.7. The molecule has 1 aromatic carbocycles. The molecule has 0 saturated carbocycles. The van der Waals surface area contributed by atoms with Crippen LogP contribution in [0.1, 0.15) is 29.9 Å². The summed E-state index contributed by atoms with van der Waals surface area (Å²) in [6, 6.07) is 6.50. The monoisotopic (exact) mass is 485 g/mol. The van der Waals surface area contributed by atoms with E-state index in [4.69, 9.17) is 4.74 Å². The van der Waals surface area contributed by atoms with Crippen LogP contribution < -0.4 is 21.3 Å². The number of methoxy groups -OCH3 is 1. The Bertz CT molecular complexity index is 1460. The number of thiophene rings is 1. The summed E-state index contributed by atoms with van der Waals surface area (Å²) < 4.78 is 7.42. The Kier molecular flexibility index (Phi) is 5.72. The SMILES string of the molecule is COc1cccc2c1CC[C@H]1CNC(CCn3c(=O)[nH]c4c(sc5nccnc54)c3=O)[C@@H]21.Cl. The summed E-state index contributed by atoms with van der Waals surface area (Å²) in [5.74, 6) is 1.89. The number of H-pyrrole nitrogens is 1. The molecule has 0 radical (unpaired) electrons. The van der Waals surface area contributed by atoms with Gasteiger partial charge in [-0.05, 0) is 48.9 Å². The molecule has 0 bridgehead atoms. The van der Waals surface area contributed by atoms with Crippen molar-refractivity contribution in [2.45, 2.75) is 37.8 Å². The predicted octanol–water partition coefficient (Wildman–Crippen LogP) is 2.83. The molecular formula is C23H24ClN5O3S. The third kappa shape index (κ3) is 3.46. The van der Waals surface area contributed by atoms with Crippen LogP contribution >= 0.6 is 23.7 Å².